The lowest BCUT2D eigenvalue weighted by atomic mass is 10.1. The predicted molar refractivity (Wildman–Crippen MR) is 52.4 cm³/mol. The van der Waals surface area contributed by atoms with Crippen LogP contribution in [0.2, 0.25) is 0 Å². The van der Waals surface area contributed by atoms with Gasteiger partial charge in [0.1, 0.15) is 11.6 Å². The van der Waals surface area contributed by atoms with Gasteiger partial charge in [0.25, 0.3) is 0 Å². The van der Waals surface area contributed by atoms with E-state index in [0.717, 1.165) is 0 Å². The van der Waals surface area contributed by atoms with E-state index in [4.69, 9.17) is 15.6 Å². The standard InChI is InChI=1S/C11H6N2O2/c12-6-9-4-2-1-3-8(9)5-10(7-13)11(14)15/h1-5H,(H,14,15)/b10-5+. The van der Waals surface area contributed by atoms with Gasteiger partial charge >= 0.3 is 5.97 Å². The van der Waals surface area contributed by atoms with Gasteiger partial charge in [-0.15, -0.1) is 0 Å². The smallest absolute Gasteiger partial charge is 0.346 e. The van der Waals surface area contributed by atoms with Gasteiger partial charge in [-0.25, -0.2) is 4.79 Å². The average Bonchev–Trinajstić information content (AvgIpc) is 2.25. The van der Waals surface area contributed by atoms with E-state index in [1.807, 2.05) is 6.07 Å². The summed E-state index contributed by atoms with van der Waals surface area (Å²) in [6.45, 7) is 0. The van der Waals surface area contributed by atoms with Crippen LogP contribution in [-0.4, -0.2) is 11.1 Å². The zero-order valence-corrected chi connectivity index (χ0v) is 7.64. The number of hydrogen-bond donors (Lipinski definition) is 1. The van der Waals surface area contributed by atoms with Gasteiger partial charge in [0.2, 0.25) is 0 Å². The molecule has 0 saturated heterocycles. The summed E-state index contributed by atoms with van der Waals surface area (Å²) in [6.07, 6.45) is 1.18. The van der Waals surface area contributed by atoms with Crippen molar-refractivity contribution in [2.45, 2.75) is 0 Å². The maximum Gasteiger partial charge on any atom is 0.346 e. The molecule has 72 valence electrons. The van der Waals surface area contributed by atoms with E-state index in [9.17, 15) is 4.79 Å². The van der Waals surface area contributed by atoms with Crippen LogP contribution in [0.15, 0.2) is 29.8 Å². The van der Waals surface area contributed by atoms with Crippen LogP contribution < -0.4 is 0 Å². The molecule has 0 aromatic heterocycles. The van der Waals surface area contributed by atoms with Gasteiger partial charge in [0.05, 0.1) is 11.6 Å². The van der Waals surface area contributed by atoms with Gasteiger partial charge < -0.3 is 5.11 Å². The molecule has 0 spiro atoms. The highest BCUT2D eigenvalue weighted by molar-refractivity contribution is 5.96. The second-order valence-corrected chi connectivity index (χ2v) is 2.67. The van der Waals surface area contributed by atoms with Gasteiger partial charge in [0.15, 0.2) is 0 Å². The summed E-state index contributed by atoms with van der Waals surface area (Å²) in [4.78, 5) is 10.6. The van der Waals surface area contributed by atoms with Gasteiger partial charge in [0, 0.05) is 0 Å². The lowest BCUT2D eigenvalue weighted by molar-refractivity contribution is -0.132. The fourth-order valence-electron chi connectivity index (χ4n) is 1.02. The monoisotopic (exact) mass is 198 g/mol. The zero-order chi connectivity index (χ0) is 11.3. The van der Waals surface area contributed by atoms with Crippen molar-refractivity contribution in [3.8, 4) is 12.1 Å². The van der Waals surface area contributed by atoms with Crippen LogP contribution in [0, 0.1) is 22.7 Å². The first kappa shape index (κ1) is 10.5. The number of benzene rings is 1. The third-order valence-corrected chi connectivity index (χ3v) is 1.73. The van der Waals surface area contributed by atoms with Crippen LogP contribution in [0.1, 0.15) is 11.1 Å². The summed E-state index contributed by atoms with van der Waals surface area (Å²) in [5.74, 6) is -1.30. The number of nitrogens with zero attached hydrogens (tertiary/aromatic N) is 2. The molecule has 0 atom stereocenters. The summed E-state index contributed by atoms with van der Waals surface area (Å²) in [5, 5.41) is 25.9. The second-order valence-electron chi connectivity index (χ2n) is 2.67. The molecule has 0 aliphatic rings. The predicted octanol–water partition coefficient (Wildman–Crippen LogP) is 1.55. The SMILES string of the molecule is N#C/C(=C\c1ccccc1C#N)C(=O)O. The largest absolute Gasteiger partial charge is 0.477 e. The number of aliphatic carboxylic acids is 1. The molecule has 0 aliphatic carbocycles. The molecule has 0 amide bonds. The summed E-state index contributed by atoms with van der Waals surface area (Å²) in [5.41, 5.74) is 0.378. The molecule has 0 heterocycles. The number of rotatable bonds is 2. The van der Waals surface area contributed by atoms with Crippen LogP contribution in [0.4, 0.5) is 0 Å². The molecule has 15 heavy (non-hydrogen) atoms. The highest BCUT2D eigenvalue weighted by Gasteiger charge is 2.07. The molecular weight excluding hydrogens is 192 g/mol. The van der Waals surface area contributed by atoms with Crippen LogP contribution in [0.25, 0.3) is 6.08 Å². The molecule has 1 N–H and O–H groups in total. The van der Waals surface area contributed by atoms with E-state index in [2.05, 4.69) is 0 Å². The molecule has 1 aromatic rings. The summed E-state index contributed by atoms with van der Waals surface area (Å²) >= 11 is 0. The van der Waals surface area contributed by atoms with Crippen LogP contribution >= 0.6 is 0 Å². The number of hydrogen-bond acceptors (Lipinski definition) is 3. The second kappa shape index (κ2) is 4.59. The lowest BCUT2D eigenvalue weighted by Crippen LogP contribution is -1.97. The third-order valence-electron chi connectivity index (χ3n) is 1.73. The van der Waals surface area contributed by atoms with Crippen molar-refractivity contribution in [1.29, 1.82) is 10.5 Å². The Hall–Kier alpha value is -2.59. The lowest BCUT2D eigenvalue weighted by Gasteiger charge is -1.96. The first-order valence-corrected chi connectivity index (χ1v) is 4.03. The molecule has 0 radical (unpaired) electrons. The van der Waals surface area contributed by atoms with Gasteiger partial charge in [-0.1, -0.05) is 18.2 Å². The zero-order valence-electron chi connectivity index (χ0n) is 7.64. The van der Waals surface area contributed by atoms with Crippen LogP contribution in [0.5, 0.6) is 0 Å². The van der Waals surface area contributed by atoms with E-state index in [0.29, 0.717) is 11.1 Å². The molecule has 0 unspecified atom stereocenters. The molecule has 1 aromatic carbocycles. The van der Waals surface area contributed by atoms with E-state index < -0.39 is 11.5 Å². The third kappa shape index (κ3) is 2.43. The van der Waals surface area contributed by atoms with Crippen molar-refractivity contribution in [1.82, 2.24) is 0 Å². The summed E-state index contributed by atoms with van der Waals surface area (Å²) < 4.78 is 0. The Balaban J connectivity index is 3.25. The number of carboxylic acids is 1. The molecule has 4 heteroatoms. The maximum atomic E-state index is 10.6. The summed E-state index contributed by atoms with van der Waals surface area (Å²) in [6, 6.07) is 9.95. The molecule has 0 saturated carbocycles. The molecular formula is C11H6N2O2. The minimum Gasteiger partial charge on any atom is -0.477 e. The van der Waals surface area contributed by atoms with Crippen molar-refractivity contribution in [2.75, 3.05) is 0 Å². The number of carbonyl (C=O) groups is 1. The quantitative estimate of drug-likeness (QED) is 0.577. The molecule has 4 nitrogen and oxygen atoms in total. The Morgan fingerprint density at radius 3 is 2.53 bits per heavy atom. The van der Waals surface area contributed by atoms with E-state index in [1.54, 1.807) is 30.3 Å². The normalized spacial score (nSPS) is 10.1. The fraction of sp³-hybridized carbons (Fsp3) is 0. The van der Waals surface area contributed by atoms with Crippen LogP contribution in [0.3, 0.4) is 0 Å². The Morgan fingerprint density at radius 1 is 1.33 bits per heavy atom. The minimum absolute atomic E-state index is 0.339. The Bertz CT molecular complexity index is 504. The Morgan fingerprint density at radius 2 is 2.00 bits per heavy atom. The van der Waals surface area contributed by atoms with Crippen molar-refractivity contribution in [2.24, 2.45) is 0 Å². The van der Waals surface area contributed by atoms with E-state index in [1.165, 1.54) is 6.08 Å². The first-order valence-electron chi connectivity index (χ1n) is 4.03. The van der Waals surface area contributed by atoms with Crippen molar-refractivity contribution < 1.29 is 9.90 Å². The molecule has 1 rings (SSSR count). The van der Waals surface area contributed by atoms with Gasteiger partial charge in [-0.05, 0) is 17.7 Å². The molecule has 0 aliphatic heterocycles. The first-order chi connectivity index (χ1) is 7.19. The van der Waals surface area contributed by atoms with Crippen molar-refractivity contribution >= 4 is 12.0 Å². The Labute approximate surface area is 86.3 Å². The topological polar surface area (TPSA) is 84.9 Å². The summed E-state index contributed by atoms with van der Waals surface area (Å²) in [7, 11) is 0. The number of nitriles is 2. The highest BCUT2D eigenvalue weighted by atomic mass is 16.4. The molecule has 0 bridgehead atoms. The maximum absolute atomic E-state index is 10.6. The van der Waals surface area contributed by atoms with Gasteiger partial charge in [-0.2, -0.15) is 10.5 Å². The Kier molecular flexibility index (Phi) is 3.21. The van der Waals surface area contributed by atoms with E-state index >= 15 is 0 Å². The van der Waals surface area contributed by atoms with E-state index in [-0.39, 0.29) is 0 Å². The van der Waals surface area contributed by atoms with Crippen molar-refractivity contribution in [3.63, 3.8) is 0 Å². The minimum atomic E-state index is -1.30. The molecule has 0 fully saturated rings. The highest BCUT2D eigenvalue weighted by Crippen LogP contribution is 2.11. The van der Waals surface area contributed by atoms with Crippen LogP contribution in [-0.2, 0) is 4.79 Å². The van der Waals surface area contributed by atoms with Crippen molar-refractivity contribution in [3.05, 3.63) is 41.0 Å². The average molecular weight is 198 g/mol. The van der Waals surface area contributed by atoms with Gasteiger partial charge in [-0.3, -0.25) is 0 Å². The fourth-order valence-corrected chi connectivity index (χ4v) is 1.02. The number of carboxylic acid groups (broad SMARTS) is 1.